The van der Waals surface area contributed by atoms with E-state index in [-0.39, 0.29) is 25.7 Å². The fourth-order valence-electron chi connectivity index (χ4n) is 5.18. The van der Waals surface area contributed by atoms with Crippen LogP contribution in [0, 0.1) is 6.92 Å². The Morgan fingerprint density at radius 3 is 2.29 bits per heavy atom. The molecule has 0 fully saturated rings. The first-order chi connectivity index (χ1) is 20.4. The third-order valence-electron chi connectivity index (χ3n) is 7.34. The molecule has 42 heavy (non-hydrogen) atoms. The van der Waals surface area contributed by atoms with Crippen molar-refractivity contribution in [3.8, 4) is 11.1 Å². The molecule has 1 amide bonds. The van der Waals surface area contributed by atoms with Gasteiger partial charge in [0.05, 0.1) is 7.11 Å². The smallest absolute Gasteiger partial charge is 0.411 e. The van der Waals surface area contributed by atoms with Crippen LogP contribution >= 0.6 is 0 Å². The van der Waals surface area contributed by atoms with Crippen molar-refractivity contribution in [2.75, 3.05) is 19.0 Å². The average molecular weight is 570 g/mol. The Kier molecular flexibility index (Phi) is 8.63. The predicted octanol–water partition coefficient (Wildman–Crippen LogP) is 4.35. The predicted molar refractivity (Wildman–Crippen MR) is 156 cm³/mol. The number of aromatic nitrogens is 2. The maximum absolute atomic E-state index is 12.9. The average Bonchev–Trinajstić information content (AvgIpc) is 3.32. The Morgan fingerprint density at radius 1 is 0.952 bits per heavy atom. The van der Waals surface area contributed by atoms with Crippen molar-refractivity contribution < 1.29 is 23.8 Å². The molecular weight excluding hydrogens is 538 g/mol. The number of amides is 1. The highest BCUT2D eigenvalue weighted by Crippen LogP contribution is 2.44. The number of carbonyl (C=O) groups is 2. The zero-order valence-corrected chi connectivity index (χ0v) is 23.3. The van der Waals surface area contributed by atoms with Crippen LogP contribution in [-0.4, -0.2) is 41.4 Å². The van der Waals surface area contributed by atoms with Crippen molar-refractivity contribution in [3.63, 3.8) is 0 Å². The molecular formula is C32H31N3O7. The summed E-state index contributed by atoms with van der Waals surface area (Å²) in [5.74, 6) is -0.665. The van der Waals surface area contributed by atoms with Crippen molar-refractivity contribution >= 4 is 17.7 Å². The molecule has 0 unspecified atom stereocenters. The van der Waals surface area contributed by atoms with Gasteiger partial charge in [0, 0.05) is 23.4 Å². The molecule has 2 N–H and O–H groups in total. The molecule has 1 aromatic heterocycles. The second-order valence-electron chi connectivity index (χ2n) is 10.00. The number of esters is 1. The fraction of sp³-hybridized carbons (Fsp3) is 0.250. The fourth-order valence-corrected chi connectivity index (χ4v) is 5.18. The van der Waals surface area contributed by atoms with Crippen LogP contribution in [0.1, 0.15) is 34.6 Å². The molecule has 10 nitrogen and oxygen atoms in total. The van der Waals surface area contributed by atoms with E-state index >= 15 is 0 Å². The third kappa shape index (κ3) is 6.18. The number of benzene rings is 3. The second-order valence-corrected chi connectivity index (χ2v) is 10.00. The minimum absolute atomic E-state index is 0.0601. The summed E-state index contributed by atoms with van der Waals surface area (Å²) in [6.45, 7) is 1.49. The summed E-state index contributed by atoms with van der Waals surface area (Å²) in [5, 5.41) is 2.83. The summed E-state index contributed by atoms with van der Waals surface area (Å²) in [4.78, 5) is 51.2. The number of para-hydroxylation sites is 1. The van der Waals surface area contributed by atoms with Crippen LogP contribution in [0.2, 0.25) is 0 Å². The van der Waals surface area contributed by atoms with E-state index in [0.717, 1.165) is 27.8 Å². The van der Waals surface area contributed by atoms with Gasteiger partial charge in [-0.1, -0.05) is 66.7 Å². The third-order valence-corrected chi connectivity index (χ3v) is 7.34. The number of carbonyl (C=O) groups excluding carboxylic acids is 2. The lowest BCUT2D eigenvalue weighted by Gasteiger charge is -2.18. The summed E-state index contributed by atoms with van der Waals surface area (Å²) in [6.07, 6.45) is 0.365. The number of hydrogen-bond acceptors (Lipinski definition) is 7. The van der Waals surface area contributed by atoms with Gasteiger partial charge in [-0.15, -0.1) is 0 Å². The maximum atomic E-state index is 12.9. The number of nitrogens with zero attached hydrogens (tertiary/aromatic N) is 1. The van der Waals surface area contributed by atoms with Crippen molar-refractivity contribution in [2.24, 2.45) is 0 Å². The standard InChI is InChI=1S/C32H31N3O7/c1-20-17-35(31(38)34-29(20)36)19-42-28(30(37)40-2)16-15-21-9-3-8-14-27(21)33-32(39)41-18-26-24-12-6-4-10-22(24)23-11-5-7-13-25(23)26/h3-14,17,26,28H,15-16,18-19H2,1-2H3,(H,33,39)(H,34,36,38)/t28-/m0/s1. The minimum Gasteiger partial charge on any atom is -0.467 e. The maximum Gasteiger partial charge on any atom is 0.411 e. The monoisotopic (exact) mass is 569 g/mol. The molecule has 216 valence electrons. The Morgan fingerprint density at radius 2 is 1.60 bits per heavy atom. The lowest BCUT2D eigenvalue weighted by Crippen LogP contribution is -2.34. The van der Waals surface area contributed by atoms with Crippen LogP contribution in [0.5, 0.6) is 0 Å². The van der Waals surface area contributed by atoms with Gasteiger partial charge in [-0.25, -0.2) is 14.4 Å². The Hall–Kier alpha value is -4.96. The van der Waals surface area contributed by atoms with Gasteiger partial charge < -0.3 is 14.2 Å². The molecule has 0 saturated heterocycles. The molecule has 5 rings (SSSR count). The van der Waals surface area contributed by atoms with Crippen LogP contribution in [0.3, 0.4) is 0 Å². The number of fused-ring (bicyclic) bond motifs is 3. The van der Waals surface area contributed by atoms with Crippen molar-refractivity contribution in [3.05, 3.63) is 122 Å². The highest BCUT2D eigenvalue weighted by molar-refractivity contribution is 5.86. The SMILES string of the molecule is COC(=O)[C@H](CCc1ccccc1NC(=O)OCC1c2ccccc2-c2ccccc21)OCn1cc(C)c(=O)[nH]c1=O. The molecule has 0 radical (unpaired) electrons. The number of H-pyrrole nitrogens is 1. The van der Waals surface area contributed by atoms with Gasteiger partial charge in [-0.2, -0.15) is 0 Å². The van der Waals surface area contributed by atoms with Crippen molar-refractivity contribution in [1.29, 1.82) is 0 Å². The largest absolute Gasteiger partial charge is 0.467 e. The van der Waals surface area contributed by atoms with E-state index in [1.54, 1.807) is 19.1 Å². The number of methoxy groups -OCH3 is 1. The Labute approximate surface area is 241 Å². The van der Waals surface area contributed by atoms with Crippen LogP contribution in [0.25, 0.3) is 11.1 Å². The van der Waals surface area contributed by atoms with E-state index in [9.17, 15) is 19.2 Å². The van der Waals surface area contributed by atoms with Gasteiger partial charge in [0.2, 0.25) is 0 Å². The second kappa shape index (κ2) is 12.7. The van der Waals surface area contributed by atoms with Crippen molar-refractivity contribution in [2.45, 2.75) is 38.5 Å². The van der Waals surface area contributed by atoms with Crippen LogP contribution in [-0.2, 0) is 32.2 Å². The Bertz CT molecular complexity index is 1680. The van der Waals surface area contributed by atoms with Gasteiger partial charge in [0.25, 0.3) is 5.56 Å². The number of ether oxygens (including phenoxy) is 3. The summed E-state index contributed by atoms with van der Waals surface area (Å²) in [5.41, 5.74) is 5.06. The molecule has 0 bridgehead atoms. The molecule has 4 aromatic rings. The summed E-state index contributed by atoms with van der Waals surface area (Å²) in [6, 6.07) is 23.5. The first kappa shape index (κ1) is 28.6. The van der Waals surface area contributed by atoms with Crippen LogP contribution < -0.4 is 16.6 Å². The highest BCUT2D eigenvalue weighted by atomic mass is 16.6. The topological polar surface area (TPSA) is 129 Å². The summed E-state index contributed by atoms with van der Waals surface area (Å²) in [7, 11) is 1.25. The van der Waals surface area contributed by atoms with Gasteiger partial charge in [-0.3, -0.25) is 19.7 Å². The van der Waals surface area contributed by atoms with Gasteiger partial charge in [-0.05, 0) is 53.6 Å². The minimum atomic E-state index is -0.989. The number of nitrogens with one attached hydrogen (secondary N) is 2. The lowest BCUT2D eigenvalue weighted by molar-refractivity contribution is -0.157. The zero-order valence-electron chi connectivity index (χ0n) is 23.3. The van der Waals surface area contributed by atoms with E-state index < -0.39 is 29.4 Å². The molecule has 3 aromatic carbocycles. The van der Waals surface area contributed by atoms with E-state index in [4.69, 9.17) is 14.2 Å². The first-order valence-electron chi connectivity index (χ1n) is 13.6. The number of hydrogen-bond donors (Lipinski definition) is 2. The zero-order chi connectivity index (χ0) is 29.6. The molecule has 0 saturated carbocycles. The highest BCUT2D eigenvalue weighted by Gasteiger charge is 2.29. The van der Waals surface area contributed by atoms with E-state index in [2.05, 4.69) is 34.6 Å². The number of aromatic amines is 1. The molecule has 10 heteroatoms. The van der Waals surface area contributed by atoms with E-state index in [0.29, 0.717) is 17.7 Å². The number of aryl methyl sites for hydroxylation is 2. The normalized spacial score (nSPS) is 12.7. The summed E-state index contributed by atoms with van der Waals surface area (Å²) < 4.78 is 17.5. The molecule has 1 atom stereocenters. The quantitative estimate of drug-likeness (QED) is 0.272. The molecule has 1 heterocycles. The van der Waals surface area contributed by atoms with Gasteiger partial charge >= 0.3 is 17.8 Å². The number of anilines is 1. The van der Waals surface area contributed by atoms with E-state index in [1.165, 1.54) is 17.9 Å². The van der Waals surface area contributed by atoms with E-state index in [1.807, 2.05) is 36.4 Å². The van der Waals surface area contributed by atoms with Crippen LogP contribution in [0.4, 0.5) is 10.5 Å². The van der Waals surface area contributed by atoms with Crippen LogP contribution in [0.15, 0.2) is 88.6 Å². The molecule has 1 aliphatic carbocycles. The first-order valence-corrected chi connectivity index (χ1v) is 13.6. The van der Waals surface area contributed by atoms with Gasteiger partial charge in [0.1, 0.15) is 13.3 Å². The molecule has 1 aliphatic rings. The van der Waals surface area contributed by atoms with Gasteiger partial charge in [0.15, 0.2) is 6.10 Å². The number of rotatable bonds is 10. The summed E-state index contributed by atoms with van der Waals surface area (Å²) >= 11 is 0. The molecule has 0 aliphatic heterocycles. The molecule has 0 spiro atoms. The Balaban J connectivity index is 1.22. The van der Waals surface area contributed by atoms with Crippen molar-refractivity contribution in [1.82, 2.24) is 9.55 Å². The lowest BCUT2D eigenvalue weighted by atomic mass is 9.98.